The lowest BCUT2D eigenvalue weighted by molar-refractivity contribution is 0.0331. The molecule has 0 saturated heterocycles. The largest absolute Gasteiger partial charge is 0.381 e. The fourth-order valence-electron chi connectivity index (χ4n) is 1.65. The number of hydrogen-bond donors (Lipinski definition) is 0. The van der Waals surface area contributed by atoms with Gasteiger partial charge in [0, 0.05) is 11.9 Å². The summed E-state index contributed by atoms with van der Waals surface area (Å²) in [5, 5.41) is 0. The van der Waals surface area contributed by atoms with E-state index in [-0.39, 0.29) is 0 Å². The standard InChI is InChI=1S/C8H15BrO/c1-6-5-7(9)3-4-8(6)10-2/h6-8H,3-5H2,1-2H3. The lowest BCUT2D eigenvalue weighted by Gasteiger charge is -2.30. The van der Waals surface area contributed by atoms with E-state index >= 15 is 0 Å². The second-order valence-electron chi connectivity index (χ2n) is 3.16. The smallest absolute Gasteiger partial charge is 0.0597 e. The van der Waals surface area contributed by atoms with Crippen molar-refractivity contribution in [2.75, 3.05) is 7.11 Å². The number of hydrogen-bond acceptors (Lipinski definition) is 1. The minimum Gasteiger partial charge on any atom is -0.381 e. The Labute approximate surface area is 71.3 Å². The number of alkyl halides is 1. The van der Waals surface area contributed by atoms with Crippen LogP contribution in [0.15, 0.2) is 0 Å². The van der Waals surface area contributed by atoms with Gasteiger partial charge in [-0.15, -0.1) is 0 Å². The highest BCUT2D eigenvalue weighted by molar-refractivity contribution is 9.09. The molecule has 0 spiro atoms. The zero-order valence-electron chi connectivity index (χ0n) is 6.64. The first-order valence-electron chi connectivity index (χ1n) is 3.91. The average molecular weight is 207 g/mol. The predicted molar refractivity (Wildman–Crippen MR) is 46.5 cm³/mol. The molecule has 0 aliphatic heterocycles. The van der Waals surface area contributed by atoms with E-state index in [0.717, 1.165) is 10.7 Å². The fraction of sp³-hybridized carbons (Fsp3) is 1.00. The maximum atomic E-state index is 5.33. The van der Waals surface area contributed by atoms with Crippen LogP contribution in [-0.4, -0.2) is 18.0 Å². The first kappa shape index (κ1) is 8.54. The SMILES string of the molecule is COC1CCC(Br)CC1C. The predicted octanol–water partition coefficient (Wildman–Crippen LogP) is 2.58. The molecule has 3 unspecified atom stereocenters. The Balaban J connectivity index is 2.36. The summed E-state index contributed by atoms with van der Waals surface area (Å²) in [6.45, 7) is 2.27. The minimum atomic E-state index is 0.508. The molecule has 0 aromatic carbocycles. The van der Waals surface area contributed by atoms with Gasteiger partial charge in [0.1, 0.15) is 0 Å². The van der Waals surface area contributed by atoms with Gasteiger partial charge < -0.3 is 4.74 Å². The van der Waals surface area contributed by atoms with Crippen molar-refractivity contribution in [2.24, 2.45) is 5.92 Å². The molecule has 0 aromatic rings. The van der Waals surface area contributed by atoms with Crippen molar-refractivity contribution in [1.29, 1.82) is 0 Å². The van der Waals surface area contributed by atoms with Crippen molar-refractivity contribution in [3.8, 4) is 0 Å². The summed E-state index contributed by atoms with van der Waals surface area (Å²) < 4.78 is 5.33. The number of methoxy groups -OCH3 is 1. The number of rotatable bonds is 1. The van der Waals surface area contributed by atoms with Gasteiger partial charge in [0.25, 0.3) is 0 Å². The summed E-state index contributed by atoms with van der Waals surface area (Å²) in [4.78, 5) is 0.730. The van der Waals surface area contributed by atoms with E-state index < -0.39 is 0 Å². The molecule has 1 fully saturated rings. The van der Waals surface area contributed by atoms with Crippen LogP contribution in [0.2, 0.25) is 0 Å². The van der Waals surface area contributed by atoms with Crippen molar-refractivity contribution >= 4 is 15.9 Å². The molecule has 0 radical (unpaired) electrons. The van der Waals surface area contributed by atoms with Crippen LogP contribution in [0, 0.1) is 5.92 Å². The summed E-state index contributed by atoms with van der Waals surface area (Å²) >= 11 is 3.63. The van der Waals surface area contributed by atoms with E-state index in [0.29, 0.717) is 6.10 Å². The third-order valence-electron chi connectivity index (χ3n) is 2.33. The first-order chi connectivity index (χ1) is 4.74. The topological polar surface area (TPSA) is 9.23 Å². The highest BCUT2D eigenvalue weighted by atomic mass is 79.9. The Kier molecular flexibility index (Phi) is 3.18. The van der Waals surface area contributed by atoms with E-state index in [2.05, 4.69) is 22.9 Å². The van der Waals surface area contributed by atoms with Crippen molar-refractivity contribution in [2.45, 2.75) is 37.1 Å². The van der Waals surface area contributed by atoms with Crippen LogP contribution in [0.3, 0.4) is 0 Å². The summed E-state index contributed by atoms with van der Waals surface area (Å²) in [6.07, 6.45) is 4.25. The quantitative estimate of drug-likeness (QED) is 0.600. The molecule has 1 nitrogen and oxygen atoms in total. The Hall–Kier alpha value is 0.440. The summed E-state index contributed by atoms with van der Waals surface area (Å²) in [5.74, 6) is 0.725. The van der Waals surface area contributed by atoms with Crippen LogP contribution in [0.5, 0.6) is 0 Å². The second-order valence-corrected chi connectivity index (χ2v) is 4.46. The third kappa shape index (κ3) is 1.96. The van der Waals surface area contributed by atoms with Crippen LogP contribution in [-0.2, 0) is 4.74 Å². The van der Waals surface area contributed by atoms with E-state index in [4.69, 9.17) is 4.74 Å². The Morgan fingerprint density at radius 2 is 2.10 bits per heavy atom. The van der Waals surface area contributed by atoms with E-state index in [9.17, 15) is 0 Å². The van der Waals surface area contributed by atoms with Crippen molar-refractivity contribution < 1.29 is 4.74 Å². The molecule has 3 atom stereocenters. The zero-order valence-corrected chi connectivity index (χ0v) is 8.23. The van der Waals surface area contributed by atoms with Crippen molar-refractivity contribution in [3.63, 3.8) is 0 Å². The molecule has 0 heterocycles. The van der Waals surface area contributed by atoms with Gasteiger partial charge in [0.2, 0.25) is 0 Å². The maximum absolute atomic E-state index is 5.33. The molecule has 0 aromatic heterocycles. The molecule has 0 bridgehead atoms. The molecule has 0 N–H and O–H groups in total. The Bertz CT molecular complexity index is 105. The van der Waals surface area contributed by atoms with Crippen molar-refractivity contribution in [3.05, 3.63) is 0 Å². The van der Waals surface area contributed by atoms with Crippen LogP contribution in [0.4, 0.5) is 0 Å². The molecule has 60 valence electrons. The molecule has 1 rings (SSSR count). The minimum absolute atomic E-state index is 0.508. The summed E-state index contributed by atoms with van der Waals surface area (Å²) in [7, 11) is 1.82. The molecule has 1 aliphatic rings. The Morgan fingerprint density at radius 3 is 2.60 bits per heavy atom. The van der Waals surface area contributed by atoms with Gasteiger partial charge in [0.05, 0.1) is 6.10 Å². The molecular weight excluding hydrogens is 192 g/mol. The normalized spacial score (nSPS) is 41.7. The maximum Gasteiger partial charge on any atom is 0.0597 e. The van der Waals surface area contributed by atoms with Crippen LogP contribution < -0.4 is 0 Å². The zero-order chi connectivity index (χ0) is 7.56. The van der Waals surface area contributed by atoms with Crippen molar-refractivity contribution in [1.82, 2.24) is 0 Å². The molecule has 1 aliphatic carbocycles. The van der Waals surface area contributed by atoms with E-state index in [1.54, 1.807) is 0 Å². The molecule has 2 heteroatoms. The average Bonchev–Trinajstić information content (AvgIpc) is 1.88. The summed E-state index contributed by atoms with van der Waals surface area (Å²) in [6, 6.07) is 0. The monoisotopic (exact) mass is 206 g/mol. The number of ether oxygens (including phenoxy) is 1. The van der Waals surface area contributed by atoms with E-state index in [1.165, 1.54) is 19.3 Å². The summed E-state index contributed by atoms with van der Waals surface area (Å²) in [5.41, 5.74) is 0. The van der Waals surface area contributed by atoms with Crippen LogP contribution in [0.1, 0.15) is 26.2 Å². The highest BCUT2D eigenvalue weighted by Crippen LogP contribution is 2.30. The van der Waals surface area contributed by atoms with Gasteiger partial charge in [-0.1, -0.05) is 22.9 Å². The Morgan fingerprint density at radius 1 is 1.40 bits per heavy atom. The number of halogens is 1. The third-order valence-corrected chi connectivity index (χ3v) is 3.16. The van der Waals surface area contributed by atoms with Gasteiger partial charge >= 0.3 is 0 Å². The fourth-order valence-corrected chi connectivity index (χ4v) is 2.51. The van der Waals surface area contributed by atoms with E-state index in [1.807, 2.05) is 7.11 Å². The molecule has 10 heavy (non-hydrogen) atoms. The van der Waals surface area contributed by atoms with Gasteiger partial charge in [-0.2, -0.15) is 0 Å². The van der Waals surface area contributed by atoms with Gasteiger partial charge in [-0.25, -0.2) is 0 Å². The van der Waals surface area contributed by atoms with Crippen LogP contribution >= 0.6 is 15.9 Å². The van der Waals surface area contributed by atoms with Crippen LogP contribution in [0.25, 0.3) is 0 Å². The van der Waals surface area contributed by atoms with Gasteiger partial charge in [-0.05, 0) is 25.2 Å². The molecule has 0 amide bonds. The second kappa shape index (κ2) is 3.72. The lowest BCUT2D eigenvalue weighted by Crippen LogP contribution is -2.28. The molecular formula is C8H15BrO. The highest BCUT2D eigenvalue weighted by Gasteiger charge is 2.25. The lowest BCUT2D eigenvalue weighted by atomic mass is 9.88. The van der Waals surface area contributed by atoms with Gasteiger partial charge in [0.15, 0.2) is 0 Å². The first-order valence-corrected chi connectivity index (χ1v) is 4.82. The molecule has 1 saturated carbocycles. The van der Waals surface area contributed by atoms with Gasteiger partial charge in [-0.3, -0.25) is 0 Å².